The lowest BCUT2D eigenvalue weighted by atomic mass is 10.1. The molecule has 0 atom stereocenters. The normalized spacial score (nSPS) is 10.7. The van der Waals surface area contributed by atoms with Crippen molar-refractivity contribution < 1.29 is 9.34 Å². The smallest absolute Gasteiger partial charge is 0.339 e. The molecule has 17 heavy (non-hydrogen) atoms. The Morgan fingerprint density at radius 1 is 1.41 bits per heavy atom. The molecule has 0 saturated heterocycles. The van der Waals surface area contributed by atoms with Gasteiger partial charge in [-0.1, -0.05) is 6.92 Å². The van der Waals surface area contributed by atoms with Crippen LogP contribution in [0.5, 0.6) is 0 Å². The number of nitrogens with zero attached hydrogens (tertiary/aromatic N) is 1. The molecule has 0 N–H and O–H groups in total. The lowest BCUT2D eigenvalue weighted by molar-refractivity contribution is -0.384. The van der Waals surface area contributed by atoms with Crippen molar-refractivity contribution in [2.24, 2.45) is 0 Å². The number of non-ortho nitro benzene ring substituents is 1. The summed E-state index contributed by atoms with van der Waals surface area (Å²) in [4.78, 5) is 21.7. The first-order valence-corrected chi connectivity index (χ1v) is 5.73. The van der Waals surface area contributed by atoms with E-state index in [-0.39, 0.29) is 5.69 Å². The second-order valence-corrected chi connectivity index (χ2v) is 4.37. The van der Waals surface area contributed by atoms with E-state index in [0.717, 1.165) is 0 Å². The molecule has 1 aromatic heterocycles. The van der Waals surface area contributed by atoms with Gasteiger partial charge in [0.25, 0.3) is 5.69 Å². The molecule has 0 amide bonds. The number of nitro benzene ring substituents is 1. The average Bonchev–Trinajstić information content (AvgIpc) is 2.29. The van der Waals surface area contributed by atoms with Gasteiger partial charge in [0.1, 0.15) is 0 Å². The number of aryl methyl sites for hydroxylation is 1. The van der Waals surface area contributed by atoms with Crippen LogP contribution in [-0.4, -0.2) is 4.92 Å². The topological polar surface area (TPSA) is 73.3 Å². The molecule has 2 aromatic rings. The zero-order valence-corrected chi connectivity index (χ0v) is 10.5. The van der Waals surface area contributed by atoms with E-state index in [0.29, 0.717) is 27.4 Å². The van der Waals surface area contributed by atoms with E-state index in [2.05, 4.69) is 15.9 Å². The maximum atomic E-state index is 11.5. The summed E-state index contributed by atoms with van der Waals surface area (Å²) in [6.07, 6.45) is 0.526. The van der Waals surface area contributed by atoms with Crippen LogP contribution >= 0.6 is 15.9 Å². The average molecular weight is 298 g/mol. The first kappa shape index (κ1) is 11.8. The van der Waals surface area contributed by atoms with Crippen LogP contribution in [-0.2, 0) is 6.42 Å². The van der Waals surface area contributed by atoms with Gasteiger partial charge in [-0.25, -0.2) is 4.79 Å². The molecular formula is C11H8BrNO4. The first-order valence-electron chi connectivity index (χ1n) is 4.93. The van der Waals surface area contributed by atoms with Crippen LogP contribution in [0.15, 0.2) is 31.9 Å². The summed E-state index contributed by atoms with van der Waals surface area (Å²) >= 11 is 3.16. The van der Waals surface area contributed by atoms with Crippen LogP contribution in [0.1, 0.15) is 12.5 Å². The molecule has 0 aliphatic heterocycles. The monoisotopic (exact) mass is 297 g/mol. The lowest BCUT2D eigenvalue weighted by Crippen LogP contribution is -2.05. The molecule has 88 valence electrons. The van der Waals surface area contributed by atoms with E-state index < -0.39 is 10.5 Å². The minimum atomic E-state index is -0.485. The van der Waals surface area contributed by atoms with Gasteiger partial charge < -0.3 is 4.42 Å². The van der Waals surface area contributed by atoms with Crippen molar-refractivity contribution >= 4 is 32.6 Å². The fourth-order valence-electron chi connectivity index (χ4n) is 1.57. The zero-order valence-electron chi connectivity index (χ0n) is 8.90. The Kier molecular flexibility index (Phi) is 2.97. The van der Waals surface area contributed by atoms with Gasteiger partial charge in [0.15, 0.2) is 5.58 Å². The highest BCUT2D eigenvalue weighted by atomic mass is 79.9. The minimum Gasteiger partial charge on any atom is -0.421 e. The number of benzene rings is 1. The molecule has 5 nitrogen and oxygen atoms in total. The Morgan fingerprint density at radius 3 is 2.71 bits per heavy atom. The Morgan fingerprint density at radius 2 is 2.12 bits per heavy atom. The number of nitro groups is 1. The molecule has 1 heterocycles. The van der Waals surface area contributed by atoms with Crippen molar-refractivity contribution in [2.45, 2.75) is 13.3 Å². The van der Waals surface area contributed by atoms with Crippen molar-refractivity contribution in [3.05, 3.63) is 48.8 Å². The zero-order chi connectivity index (χ0) is 12.6. The molecule has 0 spiro atoms. The van der Waals surface area contributed by atoms with Crippen molar-refractivity contribution in [2.75, 3.05) is 0 Å². The van der Waals surface area contributed by atoms with Crippen molar-refractivity contribution in [1.29, 1.82) is 0 Å². The van der Waals surface area contributed by atoms with E-state index in [1.54, 1.807) is 6.07 Å². The van der Waals surface area contributed by atoms with Crippen LogP contribution in [0.25, 0.3) is 11.0 Å². The van der Waals surface area contributed by atoms with Crippen LogP contribution in [0.4, 0.5) is 5.69 Å². The highest BCUT2D eigenvalue weighted by molar-refractivity contribution is 9.10. The van der Waals surface area contributed by atoms with E-state index in [9.17, 15) is 14.9 Å². The molecule has 0 saturated carbocycles. The number of halogens is 1. The standard InChI is InChI=1S/C11H8BrNO4/c1-2-6-3-7-4-8(13(15)16)5-9(12)10(7)17-11(6)14/h3-5H,2H2,1H3. The molecule has 0 radical (unpaired) electrons. The second kappa shape index (κ2) is 4.29. The Bertz CT molecular complexity index is 662. The predicted octanol–water partition coefficient (Wildman–Crippen LogP) is 3.03. The fourth-order valence-corrected chi connectivity index (χ4v) is 2.12. The number of rotatable bonds is 2. The molecule has 0 bridgehead atoms. The third-order valence-corrected chi connectivity index (χ3v) is 3.02. The van der Waals surface area contributed by atoms with Gasteiger partial charge in [0, 0.05) is 23.1 Å². The summed E-state index contributed by atoms with van der Waals surface area (Å²) in [5.74, 6) is 0. The van der Waals surface area contributed by atoms with Crippen LogP contribution in [0.2, 0.25) is 0 Å². The maximum absolute atomic E-state index is 11.5. The van der Waals surface area contributed by atoms with E-state index >= 15 is 0 Å². The van der Waals surface area contributed by atoms with Gasteiger partial charge in [-0.05, 0) is 28.4 Å². The van der Waals surface area contributed by atoms with Crippen LogP contribution < -0.4 is 5.63 Å². The SMILES string of the molecule is CCc1cc2cc([N+](=O)[O-])cc(Br)c2oc1=O. The quantitative estimate of drug-likeness (QED) is 0.485. The van der Waals surface area contributed by atoms with Crippen molar-refractivity contribution in [3.63, 3.8) is 0 Å². The van der Waals surface area contributed by atoms with Crippen LogP contribution in [0, 0.1) is 10.1 Å². The van der Waals surface area contributed by atoms with Gasteiger partial charge in [0.05, 0.1) is 9.40 Å². The molecule has 2 rings (SSSR count). The second-order valence-electron chi connectivity index (χ2n) is 3.52. The summed E-state index contributed by atoms with van der Waals surface area (Å²) < 4.78 is 5.53. The summed E-state index contributed by atoms with van der Waals surface area (Å²) in [7, 11) is 0. The molecule has 6 heteroatoms. The summed E-state index contributed by atoms with van der Waals surface area (Å²) in [6.45, 7) is 1.82. The van der Waals surface area contributed by atoms with E-state index in [4.69, 9.17) is 4.42 Å². The van der Waals surface area contributed by atoms with Gasteiger partial charge in [-0.2, -0.15) is 0 Å². The highest BCUT2D eigenvalue weighted by Crippen LogP contribution is 2.28. The third kappa shape index (κ3) is 2.08. The molecule has 0 aliphatic rings. The minimum absolute atomic E-state index is 0.0414. The maximum Gasteiger partial charge on any atom is 0.339 e. The highest BCUT2D eigenvalue weighted by Gasteiger charge is 2.13. The summed E-state index contributed by atoms with van der Waals surface area (Å²) in [5.41, 5.74) is 0.387. The van der Waals surface area contributed by atoms with Gasteiger partial charge in [0.2, 0.25) is 0 Å². The predicted molar refractivity (Wildman–Crippen MR) is 66.2 cm³/mol. The Hall–Kier alpha value is -1.69. The van der Waals surface area contributed by atoms with E-state index in [1.807, 2.05) is 6.92 Å². The van der Waals surface area contributed by atoms with Gasteiger partial charge in [-0.3, -0.25) is 10.1 Å². The molecule has 0 unspecified atom stereocenters. The molecule has 0 fully saturated rings. The van der Waals surface area contributed by atoms with Gasteiger partial charge >= 0.3 is 5.63 Å². The van der Waals surface area contributed by atoms with Crippen molar-refractivity contribution in [1.82, 2.24) is 0 Å². The first-order chi connectivity index (χ1) is 8.02. The fraction of sp³-hybridized carbons (Fsp3) is 0.182. The Labute approximate surface area is 104 Å². The lowest BCUT2D eigenvalue weighted by Gasteiger charge is -2.01. The largest absolute Gasteiger partial charge is 0.421 e. The summed E-state index contributed by atoms with van der Waals surface area (Å²) in [6, 6.07) is 4.33. The Balaban J connectivity index is 2.83. The summed E-state index contributed by atoms with van der Waals surface area (Å²) in [5, 5.41) is 11.3. The number of hydrogen-bond donors (Lipinski definition) is 0. The van der Waals surface area contributed by atoms with E-state index in [1.165, 1.54) is 12.1 Å². The molecule has 1 aromatic carbocycles. The number of hydrogen-bond acceptors (Lipinski definition) is 4. The molecular weight excluding hydrogens is 290 g/mol. The van der Waals surface area contributed by atoms with Gasteiger partial charge in [-0.15, -0.1) is 0 Å². The van der Waals surface area contributed by atoms with Crippen LogP contribution in [0.3, 0.4) is 0 Å². The molecule has 0 aliphatic carbocycles. The van der Waals surface area contributed by atoms with Crippen molar-refractivity contribution in [3.8, 4) is 0 Å². The number of fused-ring (bicyclic) bond motifs is 1. The third-order valence-electron chi connectivity index (χ3n) is 2.44.